The van der Waals surface area contributed by atoms with Gasteiger partial charge in [-0.1, -0.05) is 39.0 Å². The molecule has 0 aromatic heterocycles. The van der Waals surface area contributed by atoms with Gasteiger partial charge in [-0.25, -0.2) is 8.42 Å². The van der Waals surface area contributed by atoms with E-state index in [4.69, 9.17) is 4.74 Å². The molecule has 1 rings (SSSR count). The van der Waals surface area contributed by atoms with E-state index < -0.39 is 9.84 Å². The van der Waals surface area contributed by atoms with E-state index in [-0.39, 0.29) is 17.1 Å². The van der Waals surface area contributed by atoms with Crippen LogP contribution in [0.3, 0.4) is 0 Å². The van der Waals surface area contributed by atoms with Crippen LogP contribution in [0.1, 0.15) is 45.4 Å². The quantitative estimate of drug-likeness (QED) is 0.613. The van der Waals surface area contributed by atoms with Crippen LogP contribution in [0, 0.1) is 0 Å². The summed E-state index contributed by atoms with van der Waals surface area (Å²) < 4.78 is 28.3. The fourth-order valence-corrected chi connectivity index (χ4v) is 6.22. The maximum Gasteiger partial charge on any atom is 0.154 e. The van der Waals surface area contributed by atoms with E-state index in [1.807, 2.05) is 0 Å². The standard InChI is InChI=1S/C13H26O3S2/c1-3-4-5-6-7-8-9-17-13-11-18(14,15)10-12(13)16-2/h12-13H,3-11H2,1-2H3. The van der Waals surface area contributed by atoms with Gasteiger partial charge in [-0.15, -0.1) is 0 Å². The lowest BCUT2D eigenvalue weighted by Gasteiger charge is -2.15. The first-order chi connectivity index (χ1) is 8.59. The summed E-state index contributed by atoms with van der Waals surface area (Å²) in [6.07, 6.45) is 7.63. The number of unbranched alkanes of at least 4 members (excludes halogenated alkanes) is 5. The van der Waals surface area contributed by atoms with Crippen molar-refractivity contribution in [2.75, 3.05) is 24.4 Å². The molecule has 18 heavy (non-hydrogen) atoms. The minimum atomic E-state index is -2.86. The van der Waals surface area contributed by atoms with Gasteiger partial charge >= 0.3 is 0 Å². The van der Waals surface area contributed by atoms with E-state index in [9.17, 15) is 8.42 Å². The Morgan fingerprint density at radius 2 is 1.78 bits per heavy atom. The molecule has 1 heterocycles. The van der Waals surface area contributed by atoms with Crippen LogP contribution in [0.15, 0.2) is 0 Å². The van der Waals surface area contributed by atoms with Gasteiger partial charge in [-0.05, 0) is 12.2 Å². The average molecular weight is 294 g/mol. The number of hydrogen-bond donors (Lipinski definition) is 0. The molecule has 1 aliphatic rings. The van der Waals surface area contributed by atoms with Gasteiger partial charge in [0.25, 0.3) is 0 Å². The zero-order chi connectivity index (χ0) is 13.4. The molecule has 0 aromatic rings. The van der Waals surface area contributed by atoms with E-state index >= 15 is 0 Å². The lowest BCUT2D eigenvalue weighted by Crippen LogP contribution is -2.23. The number of ether oxygens (including phenoxy) is 1. The molecule has 3 nitrogen and oxygen atoms in total. The summed E-state index contributed by atoms with van der Waals surface area (Å²) >= 11 is 1.78. The van der Waals surface area contributed by atoms with E-state index in [0.717, 1.165) is 5.75 Å². The third kappa shape index (κ3) is 5.93. The molecule has 2 unspecified atom stereocenters. The largest absolute Gasteiger partial charge is 0.379 e. The third-order valence-corrected chi connectivity index (χ3v) is 6.72. The first-order valence-electron chi connectivity index (χ1n) is 6.94. The zero-order valence-corrected chi connectivity index (χ0v) is 13.2. The summed E-state index contributed by atoms with van der Waals surface area (Å²) in [4.78, 5) is 0. The van der Waals surface area contributed by atoms with Crippen molar-refractivity contribution in [1.29, 1.82) is 0 Å². The highest BCUT2D eigenvalue weighted by atomic mass is 32.2. The van der Waals surface area contributed by atoms with Crippen molar-refractivity contribution in [3.05, 3.63) is 0 Å². The van der Waals surface area contributed by atoms with Gasteiger partial charge in [0.05, 0.1) is 17.6 Å². The maximum absolute atomic E-state index is 11.5. The zero-order valence-electron chi connectivity index (χ0n) is 11.6. The van der Waals surface area contributed by atoms with Crippen LogP contribution in [-0.2, 0) is 14.6 Å². The smallest absolute Gasteiger partial charge is 0.154 e. The Hall–Kier alpha value is 0.260. The van der Waals surface area contributed by atoms with Crippen molar-refractivity contribution >= 4 is 21.6 Å². The van der Waals surface area contributed by atoms with Gasteiger partial charge in [0.2, 0.25) is 0 Å². The molecule has 0 amide bonds. The Morgan fingerprint density at radius 3 is 2.44 bits per heavy atom. The van der Waals surface area contributed by atoms with Crippen LogP contribution in [-0.4, -0.2) is 44.1 Å². The van der Waals surface area contributed by atoms with Crippen molar-refractivity contribution in [3.8, 4) is 0 Å². The molecular weight excluding hydrogens is 268 g/mol. The molecule has 0 spiro atoms. The maximum atomic E-state index is 11.5. The summed E-state index contributed by atoms with van der Waals surface area (Å²) in [6.45, 7) is 2.22. The summed E-state index contributed by atoms with van der Waals surface area (Å²) in [5.41, 5.74) is 0. The van der Waals surface area contributed by atoms with Crippen LogP contribution in [0.5, 0.6) is 0 Å². The first-order valence-corrected chi connectivity index (χ1v) is 9.81. The van der Waals surface area contributed by atoms with E-state index in [1.54, 1.807) is 18.9 Å². The van der Waals surface area contributed by atoms with Crippen molar-refractivity contribution in [2.24, 2.45) is 0 Å². The topological polar surface area (TPSA) is 43.4 Å². The highest BCUT2D eigenvalue weighted by molar-refractivity contribution is 8.01. The van der Waals surface area contributed by atoms with E-state index in [2.05, 4.69) is 6.92 Å². The summed E-state index contributed by atoms with van der Waals surface area (Å²) in [5, 5.41) is 0.149. The molecule has 5 heteroatoms. The van der Waals surface area contributed by atoms with Gasteiger partial charge in [0.15, 0.2) is 9.84 Å². The number of methoxy groups -OCH3 is 1. The van der Waals surface area contributed by atoms with Crippen LogP contribution in [0.2, 0.25) is 0 Å². The van der Waals surface area contributed by atoms with Crippen LogP contribution < -0.4 is 0 Å². The van der Waals surface area contributed by atoms with Gasteiger partial charge < -0.3 is 4.74 Å². The Labute approximate surface area is 116 Å². The number of thioether (sulfide) groups is 1. The van der Waals surface area contributed by atoms with Crippen LogP contribution >= 0.6 is 11.8 Å². The third-order valence-electron chi connectivity index (χ3n) is 3.38. The van der Waals surface area contributed by atoms with Crippen molar-refractivity contribution in [3.63, 3.8) is 0 Å². The molecule has 1 aliphatic heterocycles. The number of hydrogen-bond acceptors (Lipinski definition) is 4. The lowest BCUT2D eigenvalue weighted by molar-refractivity contribution is 0.128. The van der Waals surface area contributed by atoms with Gasteiger partial charge in [0.1, 0.15) is 0 Å². The monoisotopic (exact) mass is 294 g/mol. The first kappa shape index (κ1) is 16.3. The van der Waals surface area contributed by atoms with Crippen molar-refractivity contribution in [1.82, 2.24) is 0 Å². The van der Waals surface area contributed by atoms with E-state index in [1.165, 1.54) is 38.5 Å². The second-order valence-corrected chi connectivity index (χ2v) is 8.53. The van der Waals surface area contributed by atoms with Crippen LogP contribution in [0.4, 0.5) is 0 Å². The number of sulfone groups is 1. The van der Waals surface area contributed by atoms with Crippen molar-refractivity contribution in [2.45, 2.75) is 56.8 Å². The molecule has 0 N–H and O–H groups in total. The molecule has 0 radical (unpaired) electrons. The Bertz CT molecular complexity index is 314. The minimum Gasteiger partial charge on any atom is -0.379 e. The Balaban J connectivity index is 2.11. The SMILES string of the molecule is CCCCCCCCSC1CS(=O)(=O)CC1OC. The minimum absolute atomic E-state index is 0.0971. The summed E-state index contributed by atoms with van der Waals surface area (Å²) in [6, 6.07) is 0. The highest BCUT2D eigenvalue weighted by Crippen LogP contribution is 2.27. The van der Waals surface area contributed by atoms with Gasteiger partial charge in [0, 0.05) is 12.4 Å². The second kappa shape index (κ2) is 8.43. The molecule has 2 atom stereocenters. The Kier molecular flexibility index (Phi) is 7.64. The lowest BCUT2D eigenvalue weighted by atomic mass is 10.1. The van der Waals surface area contributed by atoms with Crippen LogP contribution in [0.25, 0.3) is 0 Å². The second-order valence-electron chi connectivity index (χ2n) is 5.03. The molecule has 1 saturated heterocycles. The molecular formula is C13H26O3S2. The predicted molar refractivity (Wildman–Crippen MR) is 79.1 cm³/mol. The molecule has 0 aromatic carbocycles. The molecule has 0 bridgehead atoms. The van der Waals surface area contributed by atoms with Crippen molar-refractivity contribution < 1.29 is 13.2 Å². The van der Waals surface area contributed by atoms with E-state index in [0.29, 0.717) is 5.75 Å². The van der Waals surface area contributed by atoms with Gasteiger partial charge in [-0.2, -0.15) is 11.8 Å². The predicted octanol–water partition coefficient (Wildman–Crippen LogP) is 2.89. The Morgan fingerprint density at radius 1 is 1.11 bits per heavy atom. The highest BCUT2D eigenvalue weighted by Gasteiger charge is 2.37. The molecule has 1 fully saturated rings. The van der Waals surface area contributed by atoms with Gasteiger partial charge in [-0.3, -0.25) is 0 Å². The number of rotatable bonds is 9. The molecule has 108 valence electrons. The molecule has 0 aliphatic carbocycles. The fraction of sp³-hybridized carbons (Fsp3) is 1.00. The normalized spacial score (nSPS) is 26.6. The molecule has 0 saturated carbocycles. The summed E-state index contributed by atoms with van der Waals surface area (Å²) in [7, 11) is -1.24. The fourth-order valence-electron chi connectivity index (χ4n) is 2.28. The average Bonchev–Trinajstić information content (AvgIpc) is 2.63. The summed E-state index contributed by atoms with van der Waals surface area (Å²) in [5.74, 6) is 1.57.